The zero-order valence-corrected chi connectivity index (χ0v) is 9.73. The van der Waals surface area contributed by atoms with E-state index in [9.17, 15) is 26.3 Å². The molecule has 0 aromatic carbocycles. The Morgan fingerprint density at radius 1 is 0.929 bits per heavy atom. The van der Waals surface area contributed by atoms with Gasteiger partial charge in [0, 0.05) is 6.16 Å². The monoisotopic (exact) mass is 278 g/mol. The van der Waals surface area contributed by atoms with Crippen molar-refractivity contribution >= 4 is 25.2 Å². The molecule has 0 aromatic heterocycles. The van der Waals surface area contributed by atoms with Gasteiger partial charge >= 0.3 is 12.4 Å². The molecule has 0 bridgehead atoms. The molecule has 86 valence electrons. The van der Waals surface area contributed by atoms with Crippen LogP contribution in [0.2, 0.25) is 0 Å². The number of halogens is 6. The van der Waals surface area contributed by atoms with E-state index in [2.05, 4.69) is 0 Å². The SMILES string of the molecule is OC(CP(P)P)(C(F)(F)F)C(F)(F)F. The molecule has 0 spiro atoms. The topological polar surface area (TPSA) is 20.2 Å². The van der Waals surface area contributed by atoms with E-state index in [1.165, 1.54) is 0 Å². The molecule has 0 fully saturated rings. The van der Waals surface area contributed by atoms with Crippen LogP contribution in [0.1, 0.15) is 0 Å². The molecule has 10 heteroatoms. The second-order valence-electron chi connectivity index (χ2n) is 2.53. The van der Waals surface area contributed by atoms with Gasteiger partial charge in [-0.05, 0) is 0 Å². The summed E-state index contributed by atoms with van der Waals surface area (Å²) in [5.74, 6) is 0. The van der Waals surface area contributed by atoms with E-state index in [-0.39, 0.29) is 0 Å². The highest BCUT2D eigenvalue weighted by Gasteiger charge is 2.70. The maximum Gasteiger partial charge on any atom is 0.426 e. The number of alkyl halides is 6. The third-order valence-electron chi connectivity index (χ3n) is 1.35. The van der Waals surface area contributed by atoms with Crippen molar-refractivity contribution in [2.24, 2.45) is 0 Å². The largest absolute Gasteiger partial charge is 0.426 e. The lowest BCUT2D eigenvalue weighted by Gasteiger charge is -2.33. The summed E-state index contributed by atoms with van der Waals surface area (Å²) < 4.78 is 71.9. The Morgan fingerprint density at radius 2 is 1.21 bits per heavy atom. The predicted molar refractivity (Wildman–Crippen MR) is 48.3 cm³/mol. The van der Waals surface area contributed by atoms with Gasteiger partial charge in [-0.3, -0.25) is 0 Å². The maximum atomic E-state index is 12.0. The first-order valence-electron chi connectivity index (χ1n) is 3.04. The quantitative estimate of drug-likeness (QED) is 0.608. The van der Waals surface area contributed by atoms with Gasteiger partial charge in [0.1, 0.15) is 0 Å². The molecule has 0 aliphatic rings. The van der Waals surface area contributed by atoms with Gasteiger partial charge in [0.2, 0.25) is 0 Å². The van der Waals surface area contributed by atoms with Gasteiger partial charge in [0.05, 0.1) is 0 Å². The van der Waals surface area contributed by atoms with Gasteiger partial charge in [-0.1, -0.05) is 7.30 Å². The summed E-state index contributed by atoms with van der Waals surface area (Å²) in [7, 11) is 1.93. The van der Waals surface area contributed by atoms with Crippen molar-refractivity contribution in [3.05, 3.63) is 0 Å². The third kappa shape index (κ3) is 3.16. The predicted octanol–water partition coefficient (Wildman–Crippen LogP) is 2.90. The lowest BCUT2D eigenvalue weighted by Crippen LogP contribution is -2.58. The van der Waals surface area contributed by atoms with Gasteiger partial charge in [-0.2, -0.15) is 26.3 Å². The molecule has 0 radical (unpaired) electrons. The second kappa shape index (κ2) is 4.37. The van der Waals surface area contributed by atoms with Crippen LogP contribution >= 0.6 is 25.2 Å². The van der Waals surface area contributed by atoms with E-state index in [4.69, 9.17) is 5.11 Å². The molecule has 2 unspecified atom stereocenters. The third-order valence-corrected chi connectivity index (χ3v) is 3.27. The van der Waals surface area contributed by atoms with Crippen molar-refractivity contribution in [3.8, 4) is 0 Å². The number of hydrogen-bond acceptors (Lipinski definition) is 1. The summed E-state index contributed by atoms with van der Waals surface area (Å²) in [6, 6.07) is 0. The molecule has 0 aliphatic heterocycles. The standard InChI is InChI=1S/C4H7F6OP3/c5-3(6,7)2(11,1-14(12)13)4(8,9)10/h11H,1,12-13H2. The fourth-order valence-electron chi connectivity index (χ4n) is 0.604. The maximum absolute atomic E-state index is 12.0. The van der Waals surface area contributed by atoms with E-state index in [1.807, 2.05) is 0 Å². The first-order chi connectivity index (χ1) is 5.92. The molecule has 0 saturated heterocycles. The molecular formula is C4H7F6OP3. The highest BCUT2D eigenvalue weighted by atomic mass is 32.4. The molecule has 14 heavy (non-hydrogen) atoms. The van der Waals surface area contributed by atoms with Crippen molar-refractivity contribution in [1.29, 1.82) is 0 Å². The lowest BCUT2D eigenvalue weighted by atomic mass is 10.1. The summed E-state index contributed by atoms with van der Waals surface area (Å²) >= 11 is 0. The Morgan fingerprint density at radius 3 is 1.29 bits per heavy atom. The molecule has 0 amide bonds. The van der Waals surface area contributed by atoms with Crippen molar-refractivity contribution in [2.75, 3.05) is 6.16 Å². The average molecular weight is 278 g/mol. The number of hydrogen-bond donors (Lipinski definition) is 1. The number of rotatable bonds is 2. The Labute approximate surface area is 81.6 Å². The van der Waals surface area contributed by atoms with E-state index in [0.717, 1.165) is 0 Å². The van der Waals surface area contributed by atoms with Crippen LogP contribution < -0.4 is 0 Å². The molecule has 0 heterocycles. The normalized spacial score (nSPS) is 15.0. The van der Waals surface area contributed by atoms with Gasteiger partial charge < -0.3 is 5.11 Å². The molecule has 0 rings (SSSR count). The van der Waals surface area contributed by atoms with Gasteiger partial charge in [-0.15, -0.1) is 17.9 Å². The Hall–Kier alpha value is 0.830. The first kappa shape index (κ1) is 14.8. The molecular weight excluding hydrogens is 271 g/mol. The summed E-state index contributed by atoms with van der Waals surface area (Å²) in [6.07, 6.45) is -12.8. The highest BCUT2D eigenvalue weighted by molar-refractivity contribution is 8.43. The average Bonchev–Trinajstić information content (AvgIpc) is 1.79. The summed E-state index contributed by atoms with van der Waals surface area (Å²) in [4.78, 5) is 0. The zero-order chi connectivity index (χ0) is 11.8. The minimum Gasteiger partial charge on any atom is -0.373 e. The molecule has 2 atom stereocenters. The highest BCUT2D eigenvalue weighted by Crippen LogP contribution is 2.59. The van der Waals surface area contributed by atoms with Crippen LogP contribution in [0, 0.1) is 0 Å². The van der Waals surface area contributed by atoms with Gasteiger partial charge in [0.15, 0.2) is 0 Å². The van der Waals surface area contributed by atoms with Gasteiger partial charge in [0.25, 0.3) is 5.60 Å². The fraction of sp³-hybridized carbons (Fsp3) is 1.00. The molecule has 1 N–H and O–H groups in total. The van der Waals surface area contributed by atoms with Crippen LogP contribution in [0.15, 0.2) is 0 Å². The Bertz CT molecular complexity index is 184. The number of aliphatic hydroxyl groups is 1. The van der Waals surface area contributed by atoms with E-state index in [0.29, 0.717) is 0 Å². The van der Waals surface area contributed by atoms with E-state index in [1.54, 1.807) is 17.9 Å². The van der Waals surface area contributed by atoms with Crippen molar-refractivity contribution in [1.82, 2.24) is 0 Å². The summed E-state index contributed by atoms with van der Waals surface area (Å²) in [6.45, 7) is 0. The van der Waals surface area contributed by atoms with Crippen molar-refractivity contribution in [2.45, 2.75) is 18.0 Å². The van der Waals surface area contributed by atoms with Crippen LogP contribution in [0.25, 0.3) is 0 Å². The minimum atomic E-state index is -5.71. The van der Waals surface area contributed by atoms with Crippen molar-refractivity contribution in [3.63, 3.8) is 0 Å². The molecule has 1 nitrogen and oxygen atoms in total. The molecule has 0 saturated carbocycles. The van der Waals surface area contributed by atoms with Crippen LogP contribution in [-0.2, 0) is 0 Å². The Kier molecular flexibility index (Phi) is 4.63. The minimum absolute atomic E-state index is 1.40. The molecule has 0 aromatic rings. The summed E-state index contributed by atoms with van der Waals surface area (Å²) in [5.41, 5.74) is -4.62. The van der Waals surface area contributed by atoms with E-state index >= 15 is 0 Å². The lowest BCUT2D eigenvalue weighted by molar-refractivity contribution is -0.358. The second-order valence-corrected chi connectivity index (χ2v) is 9.64. The van der Waals surface area contributed by atoms with E-state index < -0.39 is 31.4 Å². The smallest absolute Gasteiger partial charge is 0.373 e. The first-order valence-corrected chi connectivity index (χ1v) is 7.81. The van der Waals surface area contributed by atoms with Crippen LogP contribution in [0.4, 0.5) is 26.3 Å². The van der Waals surface area contributed by atoms with Crippen LogP contribution in [-0.4, -0.2) is 29.2 Å². The van der Waals surface area contributed by atoms with Crippen LogP contribution in [0.5, 0.6) is 0 Å². The van der Waals surface area contributed by atoms with Crippen LogP contribution in [0.3, 0.4) is 0 Å². The van der Waals surface area contributed by atoms with Crippen molar-refractivity contribution < 1.29 is 31.4 Å². The van der Waals surface area contributed by atoms with Gasteiger partial charge in [-0.25, -0.2) is 0 Å². The fourth-order valence-corrected chi connectivity index (χ4v) is 3.08. The molecule has 0 aliphatic carbocycles. The zero-order valence-electron chi connectivity index (χ0n) is 6.52. The Balaban J connectivity index is 5.07. The summed E-state index contributed by atoms with van der Waals surface area (Å²) in [5, 5.41) is 8.59.